The van der Waals surface area contributed by atoms with E-state index in [1.165, 1.54) is 12.1 Å². The number of amides is 1. The molecule has 44 heavy (non-hydrogen) atoms. The van der Waals surface area contributed by atoms with Gasteiger partial charge in [-0.25, -0.2) is 4.79 Å². The number of ether oxygens (including phenoxy) is 4. The summed E-state index contributed by atoms with van der Waals surface area (Å²) in [6, 6.07) is 27.5. The molecule has 13 heteroatoms. The van der Waals surface area contributed by atoms with Crippen molar-refractivity contribution in [3.05, 3.63) is 101 Å². The van der Waals surface area contributed by atoms with Crippen LogP contribution in [0.2, 0.25) is 0 Å². The molecule has 1 heterocycles. The Labute approximate surface area is 267 Å². The van der Waals surface area contributed by atoms with Gasteiger partial charge in [0.25, 0.3) is 10.1 Å². The molecule has 1 fully saturated rings. The summed E-state index contributed by atoms with van der Waals surface area (Å²) >= 11 is 2.13. The number of halogens is 1. The van der Waals surface area contributed by atoms with Gasteiger partial charge in [0, 0.05) is 9.26 Å². The molecule has 0 unspecified atom stereocenters. The Kier molecular flexibility index (Phi) is 10.7. The maximum Gasteiger partial charge on any atom is 0.411 e. The van der Waals surface area contributed by atoms with Crippen molar-refractivity contribution in [3.63, 3.8) is 0 Å². The number of para-hydroxylation sites is 1. The molecule has 4 aromatic carbocycles. The van der Waals surface area contributed by atoms with Crippen LogP contribution in [0.15, 0.2) is 102 Å². The van der Waals surface area contributed by atoms with Gasteiger partial charge in [-0.3, -0.25) is 9.50 Å². The minimum Gasteiger partial charge on any atom is -0.462 e. The number of nitrogens with one attached hydrogen (secondary N) is 1. The number of aliphatic hydroxyl groups is 2. The van der Waals surface area contributed by atoms with Crippen LogP contribution in [0.5, 0.6) is 5.75 Å². The Morgan fingerprint density at radius 1 is 0.864 bits per heavy atom. The Balaban J connectivity index is 1.25. The van der Waals surface area contributed by atoms with Crippen LogP contribution in [0.25, 0.3) is 10.8 Å². The highest BCUT2D eigenvalue weighted by Crippen LogP contribution is 2.28. The third-order valence-electron chi connectivity index (χ3n) is 6.75. The molecule has 5 atom stereocenters. The average Bonchev–Trinajstić information content (AvgIpc) is 3.02. The number of hydrogen-bond acceptors (Lipinski definition) is 10. The Morgan fingerprint density at radius 2 is 1.57 bits per heavy atom. The Hall–Kier alpha value is -3.31. The van der Waals surface area contributed by atoms with Crippen molar-refractivity contribution in [2.45, 2.75) is 35.6 Å². The van der Waals surface area contributed by atoms with Gasteiger partial charge in [0.1, 0.15) is 36.8 Å². The van der Waals surface area contributed by atoms with Crippen LogP contribution in [-0.2, 0) is 28.5 Å². The normalized spacial score (nSPS) is 21.9. The van der Waals surface area contributed by atoms with Gasteiger partial charge in [-0.1, -0.05) is 48.5 Å². The molecule has 4 aromatic rings. The van der Waals surface area contributed by atoms with Crippen molar-refractivity contribution < 1.29 is 46.6 Å². The smallest absolute Gasteiger partial charge is 0.411 e. The van der Waals surface area contributed by atoms with Crippen molar-refractivity contribution in [2.24, 2.45) is 0 Å². The van der Waals surface area contributed by atoms with E-state index in [1.54, 1.807) is 66.7 Å². The predicted molar refractivity (Wildman–Crippen MR) is 169 cm³/mol. The summed E-state index contributed by atoms with van der Waals surface area (Å²) in [5.41, 5.74) is 0.547. The monoisotopic (exact) mass is 735 g/mol. The SMILES string of the molecule is O=C(Nc1ccccc1)OCCO[C@@H]1[C@@H](O)[C@H](Oc2ccc(I)cc2)O[C@H](COS(=O)(=O)c2ccc3ccccc3c2)[C@H]1O. The van der Waals surface area contributed by atoms with Crippen molar-refractivity contribution in [1.29, 1.82) is 0 Å². The van der Waals surface area contributed by atoms with E-state index in [0.717, 1.165) is 8.96 Å². The maximum atomic E-state index is 13.1. The van der Waals surface area contributed by atoms with Gasteiger partial charge in [0.15, 0.2) is 0 Å². The molecular weight excluding hydrogens is 705 g/mol. The molecule has 5 rings (SSSR count). The molecule has 0 spiro atoms. The number of rotatable bonds is 11. The van der Waals surface area contributed by atoms with Gasteiger partial charge in [0.05, 0.1) is 18.1 Å². The molecule has 0 bridgehead atoms. The number of anilines is 1. The lowest BCUT2D eigenvalue weighted by molar-refractivity contribution is -0.285. The molecule has 1 saturated heterocycles. The lowest BCUT2D eigenvalue weighted by Gasteiger charge is -2.41. The van der Waals surface area contributed by atoms with Crippen molar-refractivity contribution in [1.82, 2.24) is 0 Å². The van der Waals surface area contributed by atoms with Crippen LogP contribution >= 0.6 is 22.6 Å². The van der Waals surface area contributed by atoms with E-state index < -0.39 is 53.5 Å². The van der Waals surface area contributed by atoms with Gasteiger partial charge >= 0.3 is 6.09 Å². The number of hydrogen-bond donors (Lipinski definition) is 3. The van der Waals surface area contributed by atoms with E-state index in [-0.39, 0.29) is 18.1 Å². The summed E-state index contributed by atoms with van der Waals surface area (Å²) in [5, 5.41) is 26.2. The first-order chi connectivity index (χ1) is 21.2. The van der Waals surface area contributed by atoms with Crippen LogP contribution in [0, 0.1) is 3.57 Å². The van der Waals surface area contributed by atoms with Gasteiger partial charge in [-0.05, 0) is 81.9 Å². The molecular formula is C31H30INO10S. The van der Waals surface area contributed by atoms with E-state index in [4.69, 9.17) is 23.1 Å². The first-order valence-electron chi connectivity index (χ1n) is 13.6. The lowest BCUT2D eigenvalue weighted by Crippen LogP contribution is -2.61. The summed E-state index contributed by atoms with van der Waals surface area (Å²) in [6.07, 6.45) is -7.63. The summed E-state index contributed by atoms with van der Waals surface area (Å²) < 4.78 is 54.9. The number of carbonyl (C=O) groups excluding carboxylic acids is 1. The second-order valence-electron chi connectivity index (χ2n) is 9.81. The Bertz CT molecular complexity index is 1660. The summed E-state index contributed by atoms with van der Waals surface area (Å²) in [4.78, 5) is 12.0. The topological polar surface area (TPSA) is 150 Å². The molecule has 1 amide bonds. The van der Waals surface area contributed by atoms with E-state index >= 15 is 0 Å². The molecule has 0 radical (unpaired) electrons. The number of carbonyl (C=O) groups is 1. The highest BCUT2D eigenvalue weighted by Gasteiger charge is 2.47. The zero-order valence-corrected chi connectivity index (χ0v) is 26.2. The summed E-state index contributed by atoms with van der Waals surface area (Å²) in [7, 11) is -4.24. The molecule has 232 valence electrons. The van der Waals surface area contributed by atoms with Crippen LogP contribution in [0.3, 0.4) is 0 Å². The van der Waals surface area contributed by atoms with Crippen molar-refractivity contribution in [2.75, 3.05) is 25.1 Å². The predicted octanol–water partition coefficient (Wildman–Crippen LogP) is 4.31. The van der Waals surface area contributed by atoms with Crippen LogP contribution in [0.4, 0.5) is 10.5 Å². The fraction of sp³-hybridized carbons (Fsp3) is 0.258. The second-order valence-corrected chi connectivity index (χ2v) is 12.7. The molecule has 0 aliphatic carbocycles. The maximum absolute atomic E-state index is 13.1. The van der Waals surface area contributed by atoms with Crippen LogP contribution in [-0.4, -0.2) is 75.3 Å². The van der Waals surface area contributed by atoms with E-state index in [9.17, 15) is 23.4 Å². The number of fused-ring (bicyclic) bond motifs is 1. The summed E-state index contributed by atoms with van der Waals surface area (Å²) in [6.45, 7) is -0.985. The summed E-state index contributed by atoms with van der Waals surface area (Å²) in [5.74, 6) is 0.369. The average molecular weight is 736 g/mol. The first kappa shape index (κ1) is 32.1. The first-order valence-corrected chi connectivity index (χ1v) is 16.1. The standard InChI is InChI=1S/C31H30INO10S/c32-22-11-13-24(14-12-22)42-30-28(35)29(39-16-17-40-31(36)33-23-8-2-1-3-9-23)27(34)26(43-30)19-41-44(37,38)25-15-10-20-6-4-5-7-21(20)18-25/h1-15,18,26-30,34-35H,16-17,19H2,(H,33,36)/t26-,27-,28-,29+,30-/m1/s1. The van der Waals surface area contributed by atoms with E-state index in [2.05, 4.69) is 27.9 Å². The molecule has 0 aromatic heterocycles. The third-order valence-corrected chi connectivity index (χ3v) is 8.75. The molecule has 1 aliphatic rings. The highest BCUT2D eigenvalue weighted by molar-refractivity contribution is 14.1. The van der Waals surface area contributed by atoms with E-state index in [0.29, 0.717) is 16.8 Å². The second kappa shape index (κ2) is 14.6. The molecule has 0 saturated carbocycles. The zero-order valence-electron chi connectivity index (χ0n) is 23.2. The quantitative estimate of drug-likeness (QED) is 0.116. The van der Waals surface area contributed by atoms with Gasteiger partial charge < -0.3 is 29.2 Å². The Morgan fingerprint density at radius 3 is 2.32 bits per heavy atom. The fourth-order valence-corrected chi connectivity index (χ4v) is 5.84. The minimum absolute atomic E-state index is 0.0630. The van der Waals surface area contributed by atoms with Gasteiger partial charge in [-0.15, -0.1) is 0 Å². The lowest BCUT2D eigenvalue weighted by atomic mass is 9.99. The largest absolute Gasteiger partial charge is 0.462 e. The molecule has 3 N–H and O–H groups in total. The molecule has 1 aliphatic heterocycles. The zero-order chi connectivity index (χ0) is 31.1. The third kappa shape index (κ3) is 8.24. The minimum atomic E-state index is -4.24. The van der Waals surface area contributed by atoms with Gasteiger partial charge in [-0.2, -0.15) is 8.42 Å². The number of aliphatic hydroxyl groups excluding tert-OH is 2. The van der Waals surface area contributed by atoms with E-state index in [1.807, 2.05) is 18.2 Å². The molecule has 11 nitrogen and oxygen atoms in total. The highest BCUT2D eigenvalue weighted by atomic mass is 127. The van der Waals surface area contributed by atoms with Gasteiger partial charge in [0.2, 0.25) is 6.29 Å². The van der Waals surface area contributed by atoms with Crippen molar-refractivity contribution >= 4 is 55.3 Å². The fourth-order valence-electron chi connectivity index (χ4n) is 4.52. The van der Waals surface area contributed by atoms with Crippen molar-refractivity contribution in [3.8, 4) is 5.75 Å². The van der Waals surface area contributed by atoms with Crippen LogP contribution in [0.1, 0.15) is 0 Å². The van der Waals surface area contributed by atoms with Crippen LogP contribution < -0.4 is 10.1 Å². The number of benzene rings is 4.